The third kappa shape index (κ3) is 5.49. The number of benzene rings is 2. The third-order valence-corrected chi connectivity index (χ3v) is 6.85. The van der Waals surface area contributed by atoms with Crippen LogP contribution < -0.4 is 4.90 Å². The summed E-state index contributed by atoms with van der Waals surface area (Å²) in [7, 11) is 0. The number of aliphatic hydroxyl groups excluding tert-OH is 1. The van der Waals surface area contributed by atoms with Gasteiger partial charge in [-0.3, -0.25) is 9.69 Å². The van der Waals surface area contributed by atoms with Gasteiger partial charge in [0.2, 0.25) is 0 Å². The second-order valence-electron chi connectivity index (χ2n) is 9.62. The van der Waals surface area contributed by atoms with Crippen molar-refractivity contribution in [3.63, 3.8) is 0 Å². The van der Waals surface area contributed by atoms with Crippen molar-refractivity contribution in [1.82, 2.24) is 4.90 Å². The second kappa shape index (κ2) is 11.0. The lowest BCUT2D eigenvalue weighted by atomic mass is 9.86. The molecule has 2 fully saturated rings. The number of hydrogen-bond acceptors (Lipinski definition) is 5. The number of aliphatic hydroxyl groups is 1. The Morgan fingerprint density at radius 2 is 1.79 bits per heavy atom. The lowest BCUT2D eigenvalue weighted by Gasteiger charge is -2.51. The van der Waals surface area contributed by atoms with Crippen LogP contribution in [0.5, 0.6) is 0 Å². The van der Waals surface area contributed by atoms with Crippen LogP contribution in [0.25, 0.3) is 0 Å². The van der Waals surface area contributed by atoms with E-state index in [0.29, 0.717) is 25.1 Å². The molecule has 34 heavy (non-hydrogen) atoms. The summed E-state index contributed by atoms with van der Waals surface area (Å²) in [6, 6.07) is 16.6. The summed E-state index contributed by atoms with van der Waals surface area (Å²) < 4.78 is 27.1. The van der Waals surface area contributed by atoms with Gasteiger partial charge in [0.05, 0.1) is 31.0 Å². The zero-order valence-corrected chi connectivity index (χ0v) is 20.0. The normalized spacial score (nSPS) is 21.9. The van der Waals surface area contributed by atoms with Crippen molar-refractivity contribution in [2.45, 2.75) is 51.0 Å². The average molecular weight is 471 g/mol. The van der Waals surface area contributed by atoms with E-state index in [4.69, 9.17) is 9.47 Å². The fraction of sp³-hybridized carbons (Fsp3) is 0.519. The zero-order valence-electron chi connectivity index (χ0n) is 20.0. The van der Waals surface area contributed by atoms with E-state index in [-0.39, 0.29) is 31.3 Å². The van der Waals surface area contributed by atoms with Crippen molar-refractivity contribution in [2.24, 2.45) is 5.92 Å². The molecule has 4 rings (SSSR count). The molecule has 2 aliphatic rings. The maximum Gasteiger partial charge on any atom is 0.256 e. The first-order chi connectivity index (χ1) is 16.4. The Morgan fingerprint density at radius 3 is 2.44 bits per heavy atom. The monoisotopic (exact) mass is 470 g/mol. The van der Waals surface area contributed by atoms with Gasteiger partial charge in [0.15, 0.2) is 0 Å². The molecule has 2 unspecified atom stereocenters. The Labute approximate surface area is 201 Å². The van der Waals surface area contributed by atoms with Gasteiger partial charge in [0, 0.05) is 19.5 Å². The number of anilines is 1. The first-order valence-electron chi connectivity index (χ1n) is 12.2. The highest BCUT2D eigenvalue weighted by Crippen LogP contribution is 2.38. The molecule has 0 saturated carbocycles. The maximum absolute atomic E-state index is 14.6. The predicted octanol–water partition coefficient (Wildman–Crippen LogP) is 3.63. The molecule has 1 N–H and O–H groups in total. The minimum Gasteiger partial charge on any atom is -0.394 e. The Kier molecular flexibility index (Phi) is 7.99. The van der Waals surface area contributed by atoms with Crippen LogP contribution in [-0.2, 0) is 20.7 Å². The Bertz CT molecular complexity index is 947. The highest BCUT2D eigenvalue weighted by Gasteiger charge is 2.49. The molecule has 184 valence electrons. The van der Waals surface area contributed by atoms with E-state index in [1.54, 1.807) is 23.1 Å². The van der Waals surface area contributed by atoms with Gasteiger partial charge >= 0.3 is 0 Å². The zero-order chi connectivity index (χ0) is 24.1. The van der Waals surface area contributed by atoms with Crippen molar-refractivity contribution < 1.29 is 23.8 Å². The van der Waals surface area contributed by atoms with Crippen LogP contribution in [0.1, 0.15) is 32.3 Å². The van der Waals surface area contributed by atoms with Gasteiger partial charge in [-0.15, -0.1) is 0 Å². The molecular formula is C27H35FN2O4. The topological polar surface area (TPSA) is 62.2 Å². The predicted molar refractivity (Wildman–Crippen MR) is 129 cm³/mol. The van der Waals surface area contributed by atoms with Gasteiger partial charge < -0.3 is 19.5 Å². The molecular weight excluding hydrogens is 435 g/mol. The highest BCUT2D eigenvalue weighted by molar-refractivity contribution is 5.97. The number of para-hydroxylation sites is 1. The highest BCUT2D eigenvalue weighted by atomic mass is 19.1. The molecule has 0 radical (unpaired) electrons. The molecule has 1 spiro atoms. The number of carbonyl (C=O) groups excluding carboxylic acids is 1. The fourth-order valence-electron chi connectivity index (χ4n) is 4.97. The van der Waals surface area contributed by atoms with Gasteiger partial charge in [0.25, 0.3) is 5.91 Å². The van der Waals surface area contributed by atoms with Crippen LogP contribution in [0.4, 0.5) is 10.1 Å². The lowest BCUT2D eigenvalue weighted by Crippen LogP contribution is -2.64. The molecule has 2 aliphatic heterocycles. The quantitative estimate of drug-likeness (QED) is 0.639. The standard InChI is InChI=1S/C27H35FN2O4/c1-20(2)25-26(32)30(23-11-7-6-10-22(23)28)19-27(34-25)12-14-29(15-13-27)24(33-17-16-31)18-21-8-4-3-5-9-21/h3-11,20,24-25,31H,12-19H2,1-2H3. The van der Waals surface area contributed by atoms with E-state index >= 15 is 0 Å². The molecule has 0 bridgehead atoms. The van der Waals surface area contributed by atoms with Crippen LogP contribution in [0.2, 0.25) is 0 Å². The summed E-state index contributed by atoms with van der Waals surface area (Å²) in [5, 5.41) is 9.31. The summed E-state index contributed by atoms with van der Waals surface area (Å²) in [4.78, 5) is 17.1. The first-order valence-corrected chi connectivity index (χ1v) is 12.2. The molecule has 0 aromatic heterocycles. The van der Waals surface area contributed by atoms with E-state index in [1.807, 2.05) is 32.0 Å². The number of piperidine rings is 1. The number of nitrogens with zero attached hydrogens (tertiary/aromatic N) is 2. The molecule has 6 nitrogen and oxygen atoms in total. The number of amides is 1. The molecule has 2 aromatic rings. The SMILES string of the molecule is CC(C)C1OC2(CCN(C(Cc3ccccc3)OCCO)CC2)CN(c2ccccc2F)C1=O. The second-order valence-corrected chi connectivity index (χ2v) is 9.62. The van der Waals surface area contributed by atoms with Crippen LogP contribution in [0.3, 0.4) is 0 Å². The van der Waals surface area contributed by atoms with E-state index in [9.17, 15) is 14.3 Å². The van der Waals surface area contributed by atoms with E-state index in [0.717, 1.165) is 19.5 Å². The molecule has 2 heterocycles. The number of hydrogen-bond donors (Lipinski definition) is 1. The molecule has 2 saturated heterocycles. The number of likely N-dealkylation sites (tertiary alicyclic amines) is 1. The summed E-state index contributed by atoms with van der Waals surface area (Å²) in [6.45, 7) is 5.98. The van der Waals surface area contributed by atoms with Crippen LogP contribution in [0, 0.1) is 11.7 Å². The third-order valence-electron chi connectivity index (χ3n) is 6.85. The fourth-order valence-corrected chi connectivity index (χ4v) is 4.97. The Morgan fingerprint density at radius 1 is 1.12 bits per heavy atom. The van der Waals surface area contributed by atoms with Crippen molar-refractivity contribution in [2.75, 3.05) is 37.7 Å². The van der Waals surface area contributed by atoms with Gasteiger partial charge in [-0.1, -0.05) is 56.3 Å². The van der Waals surface area contributed by atoms with Crippen LogP contribution in [0.15, 0.2) is 54.6 Å². The molecule has 2 atom stereocenters. The minimum absolute atomic E-state index is 0.0179. The Hall–Kier alpha value is -2.32. The number of carbonyl (C=O) groups is 1. The minimum atomic E-state index is -0.606. The summed E-state index contributed by atoms with van der Waals surface area (Å²) in [5.74, 6) is -0.592. The summed E-state index contributed by atoms with van der Waals surface area (Å²) >= 11 is 0. The van der Waals surface area contributed by atoms with E-state index < -0.39 is 17.5 Å². The number of rotatable bonds is 8. The van der Waals surface area contributed by atoms with E-state index in [1.165, 1.54) is 11.6 Å². The number of halogens is 1. The smallest absolute Gasteiger partial charge is 0.256 e. The van der Waals surface area contributed by atoms with Gasteiger partial charge in [-0.25, -0.2) is 4.39 Å². The van der Waals surface area contributed by atoms with Crippen molar-refractivity contribution >= 4 is 11.6 Å². The van der Waals surface area contributed by atoms with Gasteiger partial charge in [-0.2, -0.15) is 0 Å². The maximum atomic E-state index is 14.6. The lowest BCUT2D eigenvalue weighted by molar-refractivity contribution is -0.179. The largest absolute Gasteiger partial charge is 0.394 e. The van der Waals surface area contributed by atoms with Crippen molar-refractivity contribution in [1.29, 1.82) is 0 Å². The molecule has 1 amide bonds. The van der Waals surface area contributed by atoms with Crippen LogP contribution >= 0.6 is 0 Å². The van der Waals surface area contributed by atoms with Gasteiger partial charge in [0.1, 0.15) is 18.1 Å². The average Bonchev–Trinajstić information content (AvgIpc) is 2.85. The van der Waals surface area contributed by atoms with Crippen molar-refractivity contribution in [3.05, 3.63) is 66.0 Å². The summed E-state index contributed by atoms with van der Waals surface area (Å²) in [5.41, 5.74) is 0.961. The number of morpholine rings is 1. The van der Waals surface area contributed by atoms with Crippen molar-refractivity contribution in [3.8, 4) is 0 Å². The van der Waals surface area contributed by atoms with Gasteiger partial charge in [-0.05, 0) is 36.5 Å². The Balaban J connectivity index is 1.51. The summed E-state index contributed by atoms with van der Waals surface area (Å²) in [6.07, 6.45) is 1.39. The molecule has 2 aromatic carbocycles. The number of ether oxygens (including phenoxy) is 2. The molecule has 7 heteroatoms. The molecule has 0 aliphatic carbocycles. The van der Waals surface area contributed by atoms with E-state index in [2.05, 4.69) is 17.0 Å². The van der Waals surface area contributed by atoms with Crippen LogP contribution in [-0.4, -0.2) is 66.7 Å². The first kappa shape index (κ1) is 24.8.